The van der Waals surface area contributed by atoms with E-state index in [1.54, 1.807) is 13.0 Å². The Hall–Kier alpha value is -0.850. The maximum absolute atomic E-state index is 12.8. The van der Waals surface area contributed by atoms with Crippen LogP contribution in [0.25, 0.3) is 0 Å². The van der Waals surface area contributed by atoms with E-state index in [0.29, 0.717) is 10.9 Å². The minimum atomic E-state index is -0.269. The van der Waals surface area contributed by atoms with Crippen molar-refractivity contribution >= 4 is 15.9 Å². The van der Waals surface area contributed by atoms with Crippen LogP contribution >= 0.6 is 15.9 Å². The summed E-state index contributed by atoms with van der Waals surface area (Å²) in [7, 11) is 0. The molecule has 1 aromatic carbocycles. The molecule has 0 aliphatic heterocycles. The quantitative estimate of drug-likeness (QED) is 0.809. The molecule has 0 saturated heterocycles. The van der Waals surface area contributed by atoms with Gasteiger partial charge in [0.1, 0.15) is 5.82 Å². The van der Waals surface area contributed by atoms with E-state index in [1.165, 1.54) is 12.1 Å². The van der Waals surface area contributed by atoms with Gasteiger partial charge in [-0.25, -0.2) is 4.39 Å². The van der Waals surface area contributed by atoms with Gasteiger partial charge in [-0.05, 0) is 24.6 Å². The van der Waals surface area contributed by atoms with Crippen LogP contribution in [0.2, 0.25) is 0 Å². The van der Waals surface area contributed by atoms with Crippen molar-refractivity contribution in [3.05, 3.63) is 34.1 Å². The second-order valence-corrected chi connectivity index (χ2v) is 3.76. The van der Waals surface area contributed by atoms with Crippen LogP contribution in [0.3, 0.4) is 0 Å². The molecule has 2 N–H and O–H groups in total. The van der Waals surface area contributed by atoms with Gasteiger partial charge < -0.3 is 5.73 Å². The molecule has 0 aliphatic carbocycles. The highest BCUT2D eigenvalue weighted by Crippen LogP contribution is 2.24. The lowest BCUT2D eigenvalue weighted by Crippen LogP contribution is -2.10. The van der Waals surface area contributed by atoms with E-state index in [2.05, 4.69) is 27.8 Å². The predicted octanol–water partition coefficient (Wildman–Crippen LogP) is 3.00. The van der Waals surface area contributed by atoms with Crippen molar-refractivity contribution in [3.63, 3.8) is 0 Å². The first-order valence-electron chi connectivity index (χ1n) is 4.25. The third-order valence-electron chi connectivity index (χ3n) is 1.86. The topological polar surface area (TPSA) is 26.0 Å². The van der Waals surface area contributed by atoms with E-state index in [4.69, 9.17) is 5.73 Å². The van der Waals surface area contributed by atoms with Crippen molar-refractivity contribution in [1.82, 2.24) is 0 Å². The van der Waals surface area contributed by atoms with E-state index in [1.807, 2.05) is 0 Å². The second-order valence-electron chi connectivity index (χ2n) is 2.90. The van der Waals surface area contributed by atoms with Crippen LogP contribution in [0.4, 0.5) is 4.39 Å². The lowest BCUT2D eigenvalue weighted by atomic mass is 10.1. The van der Waals surface area contributed by atoms with E-state index in [-0.39, 0.29) is 11.9 Å². The number of rotatable bonds is 2. The average molecular weight is 256 g/mol. The fourth-order valence-corrected chi connectivity index (χ4v) is 1.77. The van der Waals surface area contributed by atoms with Crippen LogP contribution in [-0.4, -0.2) is 0 Å². The summed E-state index contributed by atoms with van der Waals surface area (Å²) < 4.78 is 13.5. The molecule has 0 bridgehead atoms. The molecular weight excluding hydrogens is 245 g/mol. The van der Waals surface area contributed by atoms with Crippen LogP contribution in [-0.2, 0) is 0 Å². The maximum Gasteiger partial charge on any atom is 0.124 e. The number of benzene rings is 1. The van der Waals surface area contributed by atoms with Gasteiger partial charge in [-0.3, -0.25) is 0 Å². The van der Waals surface area contributed by atoms with Crippen molar-refractivity contribution in [2.45, 2.75) is 19.4 Å². The smallest absolute Gasteiger partial charge is 0.124 e. The van der Waals surface area contributed by atoms with Gasteiger partial charge in [0.05, 0.1) is 0 Å². The molecule has 3 heteroatoms. The molecule has 1 atom stereocenters. The average Bonchev–Trinajstić information content (AvgIpc) is 2.14. The largest absolute Gasteiger partial charge is 0.323 e. The van der Waals surface area contributed by atoms with Crippen molar-refractivity contribution in [2.24, 2.45) is 5.73 Å². The Morgan fingerprint density at radius 1 is 1.57 bits per heavy atom. The van der Waals surface area contributed by atoms with E-state index < -0.39 is 0 Å². The molecular formula is C11H11BrFN. The Bertz CT molecular complexity index is 379. The van der Waals surface area contributed by atoms with Crippen molar-refractivity contribution in [1.29, 1.82) is 0 Å². The third-order valence-corrected chi connectivity index (χ3v) is 2.55. The highest BCUT2D eigenvalue weighted by molar-refractivity contribution is 9.10. The first-order chi connectivity index (χ1) is 6.65. The number of hydrogen-bond donors (Lipinski definition) is 1. The number of halogens is 2. The Labute approximate surface area is 91.6 Å². The molecule has 0 amide bonds. The molecule has 0 saturated carbocycles. The first kappa shape index (κ1) is 11.2. The highest BCUT2D eigenvalue weighted by atomic mass is 79.9. The summed E-state index contributed by atoms with van der Waals surface area (Å²) in [6.07, 6.45) is 0.584. The third kappa shape index (κ3) is 2.83. The molecule has 1 rings (SSSR count). The van der Waals surface area contributed by atoms with E-state index in [0.717, 1.165) is 5.56 Å². The second kappa shape index (κ2) is 5.14. The monoisotopic (exact) mass is 255 g/mol. The zero-order chi connectivity index (χ0) is 10.6. The molecule has 1 unspecified atom stereocenters. The first-order valence-corrected chi connectivity index (χ1v) is 5.04. The zero-order valence-electron chi connectivity index (χ0n) is 7.85. The molecule has 0 aliphatic rings. The van der Waals surface area contributed by atoms with E-state index in [9.17, 15) is 4.39 Å². The van der Waals surface area contributed by atoms with Crippen molar-refractivity contribution < 1.29 is 4.39 Å². The van der Waals surface area contributed by atoms with Gasteiger partial charge in [0.25, 0.3) is 0 Å². The lowest BCUT2D eigenvalue weighted by Gasteiger charge is -2.10. The van der Waals surface area contributed by atoms with Crippen LogP contribution in [0.1, 0.15) is 24.9 Å². The summed E-state index contributed by atoms with van der Waals surface area (Å²) in [6.45, 7) is 1.77. The van der Waals surface area contributed by atoms with Crippen molar-refractivity contribution in [3.8, 4) is 11.8 Å². The number of nitrogens with two attached hydrogens (primary N) is 1. The molecule has 74 valence electrons. The van der Waals surface area contributed by atoms with Crippen molar-refractivity contribution in [2.75, 3.05) is 0 Å². The number of hydrogen-bond acceptors (Lipinski definition) is 1. The standard InChI is InChI=1S/C11H11BrFN/c1-2-3-4-11(14)9-6-5-8(13)7-10(9)12/h5-7,11H,4,14H2,1H3. The summed E-state index contributed by atoms with van der Waals surface area (Å²) >= 11 is 3.27. The van der Waals surface area contributed by atoms with Gasteiger partial charge in [0, 0.05) is 16.9 Å². The Kier molecular flexibility index (Phi) is 4.12. The molecule has 1 aromatic rings. The van der Waals surface area contributed by atoms with Crippen LogP contribution in [0, 0.1) is 17.7 Å². The molecule has 1 nitrogen and oxygen atoms in total. The molecule has 0 fully saturated rings. The Morgan fingerprint density at radius 2 is 2.29 bits per heavy atom. The molecule has 0 spiro atoms. The normalized spacial score (nSPS) is 11.7. The Morgan fingerprint density at radius 3 is 2.86 bits per heavy atom. The summed E-state index contributed by atoms with van der Waals surface area (Å²) in [5.41, 5.74) is 6.76. The summed E-state index contributed by atoms with van der Waals surface area (Å²) in [6, 6.07) is 4.33. The van der Waals surface area contributed by atoms with Crippen LogP contribution < -0.4 is 5.73 Å². The Balaban J connectivity index is 2.88. The minimum absolute atomic E-state index is 0.169. The zero-order valence-corrected chi connectivity index (χ0v) is 9.44. The van der Waals surface area contributed by atoms with Crippen LogP contribution in [0.15, 0.2) is 22.7 Å². The molecule has 0 heterocycles. The van der Waals surface area contributed by atoms with Gasteiger partial charge in [0.15, 0.2) is 0 Å². The minimum Gasteiger partial charge on any atom is -0.323 e. The van der Waals surface area contributed by atoms with E-state index >= 15 is 0 Å². The van der Waals surface area contributed by atoms with Crippen LogP contribution in [0.5, 0.6) is 0 Å². The fraction of sp³-hybridized carbons (Fsp3) is 0.273. The van der Waals surface area contributed by atoms with Gasteiger partial charge in [0.2, 0.25) is 0 Å². The van der Waals surface area contributed by atoms with Gasteiger partial charge >= 0.3 is 0 Å². The van der Waals surface area contributed by atoms with Gasteiger partial charge in [-0.15, -0.1) is 11.8 Å². The summed E-state index contributed by atoms with van der Waals surface area (Å²) in [5, 5.41) is 0. The highest BCUT2D eigenvalue weighted by Gasteiger charge is 2.08. The fourth-order valence-electron chi connectivity index (χ4n) is 1.12. The van der Waals surface area contributed by atoms with Gasteiger partial charge in [-0.2, -0.15) is 0 Å². The summed E-state index contributed by atoms with van der Waals surface area (Å²) in [5.74, 6) is 5.41. The molecule has 0 aromatic heterocycles. The molecule has 0 radical (unpaired) electrons. The summed E-state index contributed by atoms with van der Waals surface area (Å²) in [4.78, 5) is 0. The molecule has 14 heavy (non-hydrogen) atoms. The predicted molar refractivity (Wildman–Crippen MR) is 59.1 cm³/mol. The SMILES string of the molecule is CC#CCC(N)c1ccc(F)cc1Br. The lowest BCUT2D eigenvalue weighted by molar-refractivity contribution is 0.623. The maximum atomic E-state index is 12.8. The van der Waals surface area contributed by atoms with Gasteiger partial charge in [-0.1, -0.05) is 22.0 Å².